The van der Waals surface area contributed by atoms with Crippen LogP contribution in [0.4, 0.5) is 5.69 Å². The van der Waals surface area contributed by atoms with Crippen LogP contribution < -0.4 is 10.5 Å². The van der Waals surface area contributed by atoms with Crippen molar-refractivity contribution in [1.29, 1.82) is 0 Å². The predicted molar refractivity (Wildman–Crippen MR) is 77.3 cm³/mol. The number of sulfonamides is 1. The molecule has 102 valence electrons. The molecule has 0 fully saturated rings. The fourth-order valence-corrected chi connectivity index (χ4v) is 3.73. The Morgan fingerprint density at radius 2 is 2.11 bits per heavy atom. The number of nitrogen functional groups attached to an aromatic ring is 1. The molecule has 1 aromatic rings. The van der Waals surface area contributed by atoms with Gasteiger partial charge in [-0.25, -0.2) is 13.1 Å². The van der Waals surface area contributed by atoms with E-state index < -0.39 is 10.0 Å². The molecule has 1 rings (SSSR count). The number of nitrogens with one attached hydrogen (secondary N) is 1. The summed E-state index contributed by atoms with van der Waals surface area (Å²) in [4.78, 5) is 1.01. The SMILES string of the molecule is CCC(C)CSc1ccc(N)cc1S(=O)(=O)NC. The van der Waals surface area contributed by atoms with Crippen molar-refractivity contribution in [3.05, 3.63) is 18.2 Å². The fraction of sp³-hybridized carbons (Fsp3) is 0.500. The normalized spacial score (nSPS) is 13.5. The topological polar surface area (TPSA) is 72.2 Å². The standard InChI is InChI=1S/C12H20N2O2S2/c1-4-9(2)8-17-11-6-5-10(13)7-12(11)18(15,16)14-3/h5-7,9,14H,4,8,13H2,1-3H3. The van der Waals surface area contributed by atoms with Crippen LogP contribution in [0.1, 0.15) is 20.3 Å². The number of anilines is 1. The molecule has 0 aliphatic carbocycles. The van der Waals surface area contributed by atoms with Gasteiger partial charge >= 0.3 is 0 Å². The van der Waals surface area contributed by atoms with E-state index in [2.05, 4.69) is 18.6 Å². The van der Waals surface area contributed by atoms with Crippen molar-refractivity contribution in [2.45, 2.75) is 30.1 Å². The molecule has 4 nitrogen and oxygen atoms in total. The molecule has 6 heteroatoms. The summed E-state index contributed by atoms with van der Waals surface area (Å²) in [5.41, 5.74) is 6.11. The second kappa shape index (κ2) is 6.45. The Hall–Kier alpha value is -0.720. The molecule has 0 amide bonds. The Morgan fingerprint density at radius 1 is 1.44 bits per heavy atom. The van der Waals surface area contributed by atoms with E-state index in [9.17, 15) is 8.42 Å². The molecule has 1 unspecified atom stereocenters. The van der Waals surface area contributed by atoms with Gasteiger partial charge in [0.05, 0.1) is 4.90 Å². The lowest BCUT2D eigenvalue weighted by atomic mass is 10.2. The molecule has 0 saturated heterocycles. The van der Waals surface area contributed by atoms with Crippen LogP contribution in [0.25, 0.3) is 0 Å². The monoisotopic (exact) mass is 288 g/mol. The second-order valence-corrected chi connectivity index (χ2v) is 7.15. The van der Waals surface area contributed by atoms with Gasteiger partial charge < -0.3 is 5.73 Å². The number of hydrogen-bond donors (Lipinski definition) is 2. The quantitative estimate of drug-likeness (QED) is 0.622. The maximum Gasteiger partial charge on any atom is 0.241 e. The van der Waals surface area contributed by atoms with Crippen molar-refractivity contribution >= 4 is 27.5 Å². The van der Waals surface area contributed by atoms with E-state index in [1.807, 2.05) is 0 Å². The van der Waals surface area contributed by atoms with E-state index >= 15 is 0 Å². The summed E-state index contributed by atoms with van der Waals surface area (Å²) in [5.74, 6) is 1.45. The molecule has 0 aliphatic rings. The van der Waals surface area contributed by atoms with Crippen LogP contribution in [0.3, 0.4) is 0 Å². The minimum absolute atomic E-state index is 0.262. The van der Waals surface area contributed by atoms with E-state index in [0.29, 0.717) is 11.6 Å². The third-order valence-corrected chi connectivity index (χ3v) is 5.73. The van der Waals surface area contributed by atoms with Gasteiger partial charge in [0, 0.05) is 16.3 Å². The number of nitrogens with two attached hydrogens (primary N) is 1. The zero-order valence-corrected chi connectivity index (χ0v) is 12.6. The first-order valence-electron chi connectivity index (χ1n) is 5.86. The van der Waals surface area contributed by atoms with Crippen LogP contribution in [0.15, 0.2) is 28.0 Å². The predicted octanol–water partition coefficient (Wildman–Crippen LogP) is 2.32. The lowest BCUT2D eigenvalue weighted by molar-refractivity contribution is 0.586. The molecule has 0 spiro atoms. The van der Waals surface area contributed by atoms with Crippen LogP contribution in [0.5, 0.6) is 0 Å². The van der Waals surface area contributed by atoms with Crippen LogP contribution in [-0.4, -0.2) is 21.2 Å². The lowest BCUT2D eigenvalue weighted by Crippen LogP contribution is -2.19. The van der Waals surface area contributed by atoms with Gasteiger partial charge in [-0.15, -0.1) is 11.8 Å². The molecule has 0 radical (unpaired) electrons. The van der Waals surface area contributed by atoms with Crippen LogP contribution in [0.2, 0.25) is 0 Å². The fourth-order valence-electron chi connectivity index (χ4n) is 1.31. The molecule has 3 N–H and O–H groups in total. The Bertz CT molecular complexity index is 501. The summed E-state index contributed by atoms with van der Waals surface area (Å²) in [6.45, 7) is 4.27. The highest BCUT2D eigenvalue weighted by Crippen LogP contribution is 2.30. The van der Waals surface area contributed by atoms with Crippen molar-refractivity contribution in [2.75, 3.05) is 18.5 Å². The molecule has 18 heavy (non-hydrogen) atoms. The Morgan fingerprint density at radius 3 is 2.67 bits per heavy atom. The molecule has 1 aromatic carbocycles. The van der Waals surface area contributed by atoms with Crippen LogP contribution >= 0.6 is 11.8 Å². The van der Waals surface area contributed by atoms with Gasteiger partial charge in [0.25, 0.3) is 0 Å². The van der Waals surface area contributed by atoms with Gasteiger partial charge in [0.2, 0.25) is 10.0 Å². The highest BCUT2D eigenvalue weighted by molar-refractivity contribution is 8.00. The third kappa shape index (κ3) is 3.90. The number of benzene rings is 1. The van der Waals surface area contributed by atoms with E-state index in [0.717, 1.165) is 17.1 Å². The van der Waals surface area contributed by atoms with E-state index in [1.165, 1.54) is 13.1 Å². The van der Waals surface area contributed by atoms with Gasteiger partial charge in [0.15, 0.2) is 0 Å². The molecule has 0 saturated carbocycles. The van der Waals surface area contributed by atoms with Crippen LogP contribution in [-0.2, 0) is 10.0 Å². The van der Waals surface area contributed by atoms with Crippen molar-refractivity contribution in [1.82, 2.24) is 4.72 Å². The molecule has 0 bridgehead atoms. The molecular weight excluding hydrogens is 268 g/mol. The van der Waals surface area contributed by atoms with E-state index in [4.69, 9.17) is 5.73 Å². The van der Waals surface area contributed by atoms with Gasteiger partial charge in [-0.05, 0) is 31.2 Å². The average Bonchev–Trinajstić information content (AvgIpc) is 2.36. The molecule has 0 aliphatic heterocycles. The maximum absolute atomic E-state index is 11.9. The summed E-state index contributed by atoms with van der Waals surface area (Å²) in [6.07, 6.45) is 1.08. The largest absolute Gasteiger partial charge is 0.399 e. The van der Waals surface area contributed by atoms with Crippen molar-refractivity contribution in [3.63, 3.8) is 0 Å². The first-order chi connectivity index (χ1) is 8.40. The Labute approximate surface area is 113 Å². The second-order valence-electron chi connectivity index (χ2n) is 4.24. The van der Waals surface area contributed by atoms with Crippen molar-refractivity contribution < 1.29 is 8.42 Å². The molecule has 0 heterocycles. The lowest BCUT2D eigenvalue weighted by Gasteiger charge is -2.12. The number of rotatable bonds is 6. The average molecular weight is 288 g/mol. The van der Waals surface area contributed by atoms with Gasteiger partial charge in [-0.3, -0.25) is 0 Å². The van der Waals surface area contributed by atoms with Gasteiger partial charge in [-0.2, -0.15) is 0 Å². The van der Waals surface area contributed by atoms with Crippen molar-refractivity contribution in [3.8, 4) is 0 Å². The van der Waals surface area contributed by atoms with E-state index in [1.54, 1.807) is 23.9 Å². The summed E-state index contributed by atoms with van der Waals surface area (Å²) >= 11 is 1.56. The minimum Gasteiger partial charge on any atom is -0.399 e. The first kappa shape index (κ1) is 15.3. The third-order valence-electron chi connectivity index (χ3n) is 2.75. The van der Waals surface area contributed by atoms with E-state index in [-0.39, 0.29) is 4.90 Å². The Balaban J connectivity index is 3.05. The first-order valence-corrected chi connectivity index (χ1v) is 8.33. The maximum atomic E-state index is 11.9. The zero-order valence-electron chi connectivity index (χ0n) is 10.9. The molecule has 0 aromatic heterocycles. The molecular formula is C12H20N2O2S2. The summed E-state index contributed by atoms with van der Waals surface area (Å²) in [7, 11) is -2.05. The molecule has 1 atom stereocenters. The van der Waals surface area contributed by atoms with Crippen LogP contribution in [0, 0.1) is 5.92 Å². The minimum atomic E-state index is -3.46. The highest BCUT2D eigenvalue weighted by atomic mass is 32.2. The Kier molecular flexibility index (Phi) is 5.49. The highest BCUT2D eigenvalue weighted by Gasteiger charge is 2.17. The summed E-state index contributed by atoms with van der Waals surface area (Å²) < 4.78 is 26.1. The van der Waals surface area contributed by atoms with Gasteiger partial charge in [-0.1, -0.05) is 20.3 Å². The summed E-state index contributed by atoms with van der Waals surface area (Å²) in [5, 5.41) is 0. The smallest absolute Gasteiger partial charge is 0.241 e. The van der Waals surface area contributed by atoms with Gasteiger partial charge in [0.1, 0.15) is 0 Å². The number of thioether (sulfide) groups is 1. The zero-order chi connectivity index (χ0) is 13.8. The van der Waals surface area contributed by atoms with Crippen molar-refractivity contribution in [2.24, 2.45) is 5.92 Å². The summed E-state index contributed by atoms with van der Waals surface area (Å²) in [6, 6.07) is 5.00. The number of hydrogen-bond acceptors (Lipinski definition) is 4.